The first kappa shape index (κ1) is 16.0. The number of aryl methyl sites for hydroxylation is 2. The molecule has 0 heterocycles. The summed E-state index contributed by atoms with van der Waals surface area (Å²) in [5, 5.41) is 2.86. The van der Waals surface area contributed by atoms with Gasteiger partial charge in [0.25, 0.3) is 0 Å². The second-order valence-corrected chi connectivity index (χ2v) is 5.49. The fourth-order valence-corrected chi connectivity index (χ4v) is 2.20. The van der Waals surface area contributed by atoms with Crippen molar-refractivity contribution in [3.05, 3.63) is 70.8 Å². The largest absolute Gasteiger partial charge is 0.352 e. The Morgan fingerprint density at radius 3 is 2.27 bits per heavy atom. The number of carbonyl (C=O) groups is 2. The molecule has 3 heteroatoms. The van der Waals surface area contributed by atoms with Crippen LogP contribution < -0.4 is 5.32 Å². The van der Waals surface area contributed by atoms with Crippen LogP contribution in [0.15, 0.2) is 48.5 Å². The van der Waals surface area contributed by atoms with E-state index >= 15 is 0 Å². The molecule has 0 saturated heterocycles. The molecule has 1 amide bonds. The number of ketones is 1. The van der Waals surface area contributed by atoms with E-state index in [1.54, 1.807) is 0 Å². The van der Waals surface area contributed by atoms with E-state index < -0.39 is 0 Å². The van der Waals surface area contributed by atoms with Gasteiger partial charge in [-0.3, -0.25) is 9.59 Å². The topological polar surface area (TPSA) is 46.2 Å². The van der Waals surface area contributed by atoms with Crippen molar-refractivity contribution >= 4 is 11.7 Å². The molecule has 3 nitrogen and oxygen atoms in total. The summed E-state index contributed by atoms with van der Waals surface area (Å²) in [6.45, 7) is 4.50. The third kappa shape index (κ3) is 4.55. The molecule has 1 N–H and O–H groups in total. The minimum Gasteiger partial charge on any atom is -0.352 e. The minimum atomic E-state index is -0.0938. The molecule has 0 spiro atoms. The van der Waals surface area contributed by atoms with E-state index in [4.69, 9.17) is 0 Å². The first-order valence-corrected chi connectivity index (χ1v) is 7.47. The van der Waals surface area contributed by atoms with Crippen molar-refractivity contribution in [1.29, 1.82) is 0 Å². The fourth-order valence-electron chi connectivity index (χ4n) is 2.20. The van der Waals surface area contributed by atoms with Crippen LogP contribution in [0.4, 0.5) is 0 Å². The molecular formula is C19H21NO2. The van der Waals surface area contributed by atoms with Crippen molar-refractivity contribution in [3.8, 4) is 0 Å². The van der Waals surface area contributed by atoms with Crippen molar-refractivity contribution in [3.63, 3.8) is 0 Å². The molecule has 0 aliphatic heterocycles. The molecule has 0 fully saturated rings. The summed E-state index contributed by atoms with van der Waals surface area (Å²) in [6.07, 6.45) is 0.460. The summed E-state index contributed by atoms with van der Waals surface area (Å²) < 4.78 is 0. The minimum absolute atomic E-state index is 0.00559. The average molecular weight is 295 g/mol. The SMILES string of the molecule is Cc1ccc(C(=O)CCC(=O)NCc2ccccc2C)cc1. The lowest BCUT2D eigenvalue weighted by Gasteiger charge is -2.07. The Hall–Kier alpha value is -2.42. The zero-order chi connectivity index (χ0) is 15.9. The van der Waals surface area contributed by atoms with Gasteiger partial charge >= 0.3 is 0 Å². The van der Waals surface area contributed by atoms with Gasteiger partial charge in [-0.1, -0.05) is 54.1 Å². The molecule has 22 heavy (non-hydrogen) atoms. The van der Waals surface area contributed by atoms with Crippen LogP contribution in [0.25, 0.3) is 0 Å². The molecule has 114 valence electrons. The highest BCUT2D eigenvalue weighted by molar-refractivity contribution is 5.97. The summed E-state index contributed by atoms with van der Waals surface area (Å²) >= 11 is 0. The van der Waals surface area contributed by atoms with Crippen molar-refractivity contribution in [2.45, 2.75) is 33.2 Å². The number of benzene rings is 2. The van der Waals surface area contributed by atoms with Gasteiger partial charge in [-0.05, 0) is 25.0 Å². The van der Waals surface area contributed by atoms with Gasteiger partial charge in [0.05, 0.1) is 0 Å². The van der Waals surface area contributed by atoms with Crippen LogP contribution in [0.5, 0.6) is 0 Å². The predicted molar refractivity (Wildman–Crippen MR) is 87.8 cm³/mol. The molecule has 2 aromatic carbocycles. The Bertz CT molecular complexity index is 659. The first-order valence-electron chi connectivity index (χ1n) is 7.47. The maximum Gasteiger partial charge on any atom is 0.220 e. The van der Waals surface area contributed by atoms with Gasteiger partial charge < -0.3 is 5.32 Å². The average Bonchev–Trinajstić information content (AvgIpc) is 2.52. The van der Waals surface area contributed by atoms with E-state index in [0.29, 0.717) is 12.1 Å². The Morgan fingerprint density at radius 2 is 1.59 bits per heavy atom. The summed E-state index contributed by atoms with van der Waals surface area (Å²) in [6, 6.07) is 15.4. The van der Waals surface area contributed by atoms with E-state index in [-0.39, 0.29) is 24.5 Å². The van der Waals surface area contributed by atoms with Crippen LogP contribution in [-0.2, 0) is 11.3 Å². The van der Waals surface area contributed by atoms with Crippen molar-refractivity contribution in [1.82, 2.24) is 5.32 Å². The standard InChI is InChI=1S/C19H21NO2/c1-14-7-9-16(10-8-14)18(21)11-12-19(22)20-13-17-6-4-3-5-15(17)2/h3-10H,11-13H2,1-2H3,(H,20,22). The van der Waals surface area contributed by atoms with Gasteiger partial charge in [0.15, 0.2) is 5.78 Å². The summed E-state index contributed by atoms with van der Waals surface area (Å²) in [5.74, 6) is -0.0882. The van der Waals surface area contributed by atoms with Gasteiger partial charge in [0.2, 0.25) is 5.91 Å². The summed E-state index contributed by atoms with van der Waals surface area (Å²) in [4.78, 5) is 23.9. The lowest BCUT2D eigenvalue weighted by atomic mass is 10.0. The lowest BCUT2D eigenvalue weighted by Crippen LogP contribution is -2.23. The Kier molecular flexibility index (Phi) is 5.48. The van der Waals surface area contributed by atoms with Gasteiger partial charge in [0, 0.05) is 24.9 Å². The van der Waals surface area contributed by atoms with Crippen LogP contribution in [0, 0.1) is 13.8 Å². The van der Waals surface area contributed by atoms with Crippen LogP contribution >= 0.6 is 0 Å². The maximum absolute atomic E-state index is 12.0. The quantitative estimate of drug-likeness (QED) is 0.828. The first-order chi connectivity index (χ1) is 10.6. The van der Waals surface area contributed by atoms with Gasteiger partial charge in [-0.2, -0.15) is 0 Å². The van der Waals surface area contributed by atoms with E-state index in [0.717, 1.165) is 16.7 Å². The fraction of sp³-hybridized carbons (Fsp3) is 0.263. The molecule has 0 radical (unpaired) electrons. The number of hydrogen-bond acceptors (Lipinski definition) is 2. The highest BCUT2D eigenvalue weighted by Gasteiger charge is 2.09. The number of amides is 1. The molecule has 0 saturated carbocycles. The number of nitrogens with one attached hydrogen (secondary N) is 1. The molecule has 0 bridgehead atoms. The highest BCUT2D eigenvalue weighted by Crippen LogP contribution is 2.09. The Morgan fingerprint density at radius 1 is 0.909 bits per heavy atom. The molecule has 0 aromatic heterocycles. The lowest BCUT2D eigenvalue weighted by molar-refractivity contribution is -0.121. The van der Waals surface area contributed by atoms with Crippen molar-refractivity contribution in [2.24, 2.45) is 0 Å². The number of Topliss-reactive ketones (excluding diaryl/α,β-unsaturated/α-hetero) is 1. The smallest absolute Gasteiger partial charge is 0.220 e. The monoisotopic (exact) mass is 295 g/mol. The van der Waals surface area contributed by atoms with E-state index in [9.17, 15) is 9.59 Å². The normalized spacial score (nSPS) is 10.3. The molecule has 0 atom stereocenters. The zero-order valence-corrected chi connectivity index (χ0v) is 13.1. The van der Waals surface area contributed by atoms with E-state index in [2.05, 4.69) is 5.32 Å². The van der Waals surface area contributed by atoms with E-state index in [1.807, 2.05) is 62.4 Å². The molecule has 2 rings (SSSR count). The maximum atomic E-state index is 12.0. The van der Waals surface area contributed by atoms with E-state index in [1.165, 1.54) is 0 Å². The Labute approximate surface area is 131 Å². The van der Waals surface area contributed by atoms with Crippen LogP contribution in [-0.4, -0.2) is 11.7 Å². The van der Waals surface area contributed by atoms with Gasteiger partial charge in [-0.25, -0.2) is 0 Å². The van der Waals surface area contributed by atoms with Gasteiger partial charge in [0.1, 0.15) is 0 Å². The molecule has 2 aromatic rings. The van der Waals surface area contributed by atoms with Crippen molar-refractivity contribution < 1.29 is 9.59 Å². The van der Waals surface area contributed by atoms with Crippen LogP contribution in [0.1, 0.15) is 39.9 Å². The molecule has 0 unspecified atom stereocenters. The number of hydrogen-bond donors (Lipinski definition) is 1. The predicted octanol–water partition coefficient (Wildman–Crippen LogP) is 3.58. The van der Waals surface area contributed by atoms with Gasteiger partial charge in [-0.15, -0.1) is 0 Å². The third-order valence-electron chi connectivity index (χ3n) is 3.69. The molecule has 0 aliphatic rings. The highest BCUT2D eigenvalue weighted by atomic mass is 16.2. The second kappa shape index (κ2) is 7.55. The summed E-state index contributed by atoms with van der Waals surface area (Å²) in [5.41, 5.74) is 4.03. The van der Waals surface area contributed by atoms with Crippen LogP contribution in [0.3, 0.4) is 0 Å². The number of carbonyl (C=O) groups excluding carboxylic acids is 2. The van der Waals surface area contributed by atoms with Crippen LogP contribution in [0.2, 0.25) is 0 Å². The number of rotatable bonds is 6. The third-order valence-corrected chi connectivity index (χ3v) is 3.69. The van der Waals surface area contributed by atoms with Crippen molar-refractivity contribution in [2.75, 3.05) is 0 Å². The zero-order valence-electron chi connectivity index (χ0n) is 13.1. The second-order valence-electron chi connectivity index (χ2n) is 5.49. The Balaban J connectivity index is 1.79. The molecular weight excluding hydrogens is 274 g/mol. The summed E-state index contributed by atoms with van der Waals surface area (Å²) in [7, 11) is 0. The molecule has 0 aliphatic carbocycles.